The number of aromatic nitrogens is 3. The number of nitrogens with one attached hydrogen (secondary N) is 1. The molecule has 2 N–H and O–H groups in total. The van der Waals surface area contributed by atoms with E-state index >= 15 is 0 Å². The van der Waals surface area contributed by atoms with Crippen LogP contribution in [0.4, 0.5) is 16.9 Å². The molecule has 2 fully saturated rings. The zero-order chi connectivity index (χ0) is 20.3. The summed E-state index contributed by atoms with van der Waals surface area (Å²) < 4.78 is 12.6. The number of thiazole rings is 1. The highest BCUT2D eigenvalue weighted by Crippen LogP contribution is 2.39. The first-order chi connectivity index (χ1) is 14.6. The third kappa shape index (κ3) is 3.03. The van der Waals surface area contributed by atoms with Gasteiger partial charge in [0.25, 0.3) is 0 Å². The molecule has 10 heteroatoms. The topological polar surface area (TPSA) is 94.5 Å². The van der Waals surface area contributed by atoms with Gasteiger partial charge in [-0.1, -0.05) is 11.3 Å². The van der Waals surface area contributed by atoms with E-state index in [0.717, 1.165) is 74.0 Å². The Balaban J connectivity index is 1.31. The second-order valence-electron chi connectivity index (χ2n) is 8.74. The third-order valence-corrected chi connectivity index (χ3v) is 9.40. The molecule has 0 amide bonds. The van der Waals surface area contributed by atoms with Crippen molar-refractivity contribution < 1.29 is 9.32 Å². The lowest BCUT2D eigenvalue weighted by Crippen LogP contribution is -2.48. The van der Waals surface area contributed by atoms with Crippen molar-refractivity contribution in [2.45, 2.75) is 55.5 Å². The molecule has 1 saturated carbocycles. The summed E-state index contributed by atoms with van der Waals surface area (Å²) in [5.74, 6) is 1.97. The van der Waals surface area contributed by atoms with Gasteiger partial charge < -0.3 is 20.2 Å². The number of fused-ring (bicyclic) bond motifs is 2. The largest absolute Gasteiger partial charge is 0.394 e. The summed E-state index contributed by atoms with van der Waals surface area (Å²) in [6.07, 6.45) is 5.80. The first-order valence-corrected chi connectivity index (χ1v) is 12.9. The smallest absolute Gasteiger partial charge is 0.227 e. The average Bonchev–Trinajstić information content (AvgIpc) is 3.26. The van der Waals surface area contributed by atoms with Gasteiger partial charge in [0, 0.05) is 43.1 Å². The highest BCUT2D eigenvalue weighted by Gasteiger charge is 2.39. The van der Waals surface area contributed by atoms with Crippen LogP contribution in [0, 0.1) is 0 Å². The monoisotopic (exact) mass is 446 g/mol. The van der Waals surface area contributed by atoms with E-state index in [1.807, 2.05) is 0 Å². The van der Waals surface area contributed by atoms with Gasteiger partial charge in [-0.05, 0) is 25.7 Å². The van der Waals surface area contributed by atoms with Crippen LogP contribution in [0.5, 0.6) is 0 Å². The summed E-state index contributed by atoms with van der Waals surface area (Å²) in [6.45, 7) is 3.91. The number of aryl methyl sites for hydroxylation is 1. The molecule has 2 aromatic heterocycles. The van der Waals surface area contributed by atoms with Gasteiger partial charge in [-0.15, -0.1) is 0 Å². The maximum absolute atomic E-state index is 12.6. The van der Waals surface area contributed by atoms with E-state index in [9.17, 15) is 9.32 Å². The molecule has 30 heavy (non-hydrogen) atoms. The van der Waals surface area contributed by atoms with Crippen LogP contribution >= 0.6 is 11.3 Å². The van der Waals surface area contributed by atoms with Crippen molar-refractivity contribution in [2.75, 3.05) is 47.1 Å². The van der Waals surface area contributed by atoms with Crippen LogP contribution in [0.15, 0.2) is 4.90 Å². The summed E-state index contributed by atoms with van der Waals surface area (Å²) in [5, 5.41) is 14.5. The minimum atomic E-state index is -1.07. The Morgan fingerprint density at radius 2 is 1.93 bits per heavy atom. The van der Waals surface area contributed by atoms with Crippen LogP contribution in [0.3, 0.4) is 0 Å². The maximum atomic E-state index is 12.6. The quantitative estimate of drug-likeness (QED) is 0.717. The Morgan fingerprint density at radius 3 is 2.63 bits per heavy atom. The van der Waals surface area contributed by atoms with Crippen molar-refractivity contribution in [1.82, 2.24) is 15.0 Å². The number of nitrogens with zero attached hydrogens (tertiary/aromatic N) is 5. The molecule has 6 rings (SSSR count). The number of hydrogen-bond acceptors (Lipinski definition) is 9. The normalized spacial score (nSPS) is 24.1. The molecule has 5 heterocycles. The highest BCUT2D eigenvalue weighted by molar-refractivity contribution is 7.85. The van der Waals surface area contributed by atoms with E-state index in [1.165, 1.54) is 17.0 Å². The first-order valence-electron chi connectivity index (χ1n) is 10.8. The highest BCUT2D eigenvalue weighted by atomic mass is 32.2. The number of aliphatic hydroxyl groups is 1. The van der Waals surface area contributed by atoms with Crippen LogP contribution < -0.4 is 15.1 Å². The van der Waals surface area contributed by atoms with Gasteiger partial charge in [0.1, 0.15) is 10.7 Å². The zero-order valence-electron chi connectivity index (χ0n) is 16.9. The first kappa shape index (κ1) is 18.9. The summed E-state index contributed by atoms with van der Waals surface area (Å²) >= 11 is 1.79. The molecule has 4 aliphatic rings. The molecule has 1 aliphatic carbocycles. The summed E-state index contributed by atoms with van der Waals surface area (Å²) in [6, 6.07) is 0. The number of aliphatic hydroxyl groups excluding tert-OH is 1. The predicted octanol–water partition coefficient (Wildman–Crippen LogP) is 1.70. The number of rotatable bonds is 5. The molecule has 3 aliphatic heterocycles. The fourth-order valence-corrected chi connectivity index (χ4v) is 7.06. The molecule has 8 nitrogen and oxygen atoms in total. The molecular formula is C20H26N6O2S2. The van der Waals surface area contributed by atoms with Gasteiger partial charge in [0.15, 0.2) is 5.13 Å². The van der Waals surface area contributed by atoms with Crippen LogP contribution in [-0.2, 0) is 30.2 Å². The van der Waals surface area contributed by atoms with Crippen LogP contribution in [0.25, 0.3) is 0 Å². The lowest BCUT2D eigenvalue weighted by Gasteiger charge is -2.41. The molecule has 0 aromatic carbocycles. The molecule has 1 saturated heterocycles. The van der Waals surface area contributed by atoms with Gasteiger partial charge in [-0.3, -0.25) is 4.21 Å². The standard InChI is InChI=1S/C20H26N6O2S2/c27-12-20(5-1-6-20)24-17-16-14(4-10-30(16)28)21-18(23-17)26-9-3-13-15(11-26)29-19(22-13)25-7-2-8-25/h27H,1-12H2,(H,21,23,24)/t30-/m1/s1. The molecule has 160 valence electrons. The molecule has 0 unspecified atom stereocenters. The molecular weight excluding hydrogens is 420 g/mol. The average molecular weight is 447 g/mol. The van der Waals surface area contributed by atoms with E-state index in [1.54, 1.807) is 11.3 Å². The lowest BCUT2D eigenvalue weighted by molar-refractivity contribution is 0.143. The number of hydrogen-bond donors (Lipinski definition) is 2. The Hall–Kier alpha value is -1.78. The molecule has 0 radical (unpaired) electrons. The van der Waals surface area contributed by atoms with E-state index in [-0.39, 0.29) is 12.1 Å². The fourth-order valence-electron chi connectivity index (χ4n) is 4.58. The van der Waals surface area contributed by atoms with Crippen LogP contribution in [-0.4, -0.2) is 61.8 Å². The predicted molar refractivity (Wildman–Crippen MR) is 118 cm³/mol. The van der Waals surface area contributed by atoms with Crippen molar-refractivity contribution >= 4 is 39.0 Å². The Bertz CT molecular complexity index is 1010. The van der Waals surface area contributed by atoms with Crippen molar-refractivity contribution in [3.63, 3.8) is 0 Å². The molecule has 0 bridgehead atoms. The zero-order valence-corrected chi connectivity index (χ0v) is 18.5. The van der Waals surface area contributed by atoms with Gasteiger partial charge in [-0.2, -0.15) is 4.98 Å². The second kappa shape index (κ2) is 7.13. The second-order valence-corrected chi connectivity index (χ2v) is 11.3. The summed E-state index contributed by atoms with van der Waals surface area (Å²) in [7, 11) is -1.07. The Morgan fingerprint density at radius 1 is 1.07 bits per heavy atom. The number of anilines is 3. The van der Waals surface area contributed by atoms with Gasteiger partial charge in [0.05, 0.1) is 40.9 Å². The van der Waals surface area contributed by atoms with E-state index < -0.39 is 10.8 Å². The third-order valence-electron chi connectivity index (χ3n) is 6.80. The van der Waals surface area contributed by atoms with Gasteiger partial charge in [-0.25, -0.2) is 9.97 Å². The van der Waals surface area contributed by atoms with Crippen molar-refractivity contribution in [1.29, 1.82) is 0 Å². The van der Waals surface area contributed by atoms with Gasteiger partial charge in [0.2, 0.25) is 5.95 Å². The fraction of sp³-hybridized carbons (Fsp3) is 0.650. The van der Waals surface area contributed by atoms with E-state index in [4.69, 9.17) is 15.0 Å². The van der Waals surface area contributed by atoms with Crippen LogP contribution in [0.1, 0.15) is 41.9 Å². The van der Waals surface area contributed by atoms with Crippen LogP contribution in [0.2, 0.25) is 0 Å². The Labute approximate surface area is 182 Å². The molecule has 1 atom stereocenters. The molecule has 0 spiro atoms. The van der Waals surface area contributed by atoms with Crippen molar-refractivity contribution in [2.24, 2.45) is 0 Å². The Kier molecular flexibility index (Phi) is 4.50. The SMILES string of the molecule is O=[S@@]1CCc2nc(N3CCc4nc(N5CCC5)sc4C3)nc(NC3(CO)CCC3)c21. The minimum Gasteiger partial charge on any atom is -0.394 e. The van der Waals surface area contributed by atoms with Crippen molar-refractivity contribution in [3.05, 3.63) is 16.3 Å². The lowest BCUT2D eigenvalue weighted by atomic mass is 9.77. The summed E-state index contributed by atoms with van der Waals surface area (Å²) in [4.78, 5) is 21.2. The maximum Gasteiger partial charge on any atom is 0.227 e. The van der Waals surface area contributed by atoms with E-state index in [0.29, 0.717) is 17.5 Å². The molecule has 2 aromatic rings. The minimum absolute atomic E-state index is 0.0704. The van der Waals surface area contributed by atoms with Gasteiger partial charge >= 0.3 is 0 Å². The van der Waals surface area contributed by atoms with E-state index in [2.05, 4.69) is 15.1 Å². The summed E-state index contributed by atoms with van der Waals surface area (Å²) in [5.41, 5.74) is 1.78. The van der Waals surface area contributed by atoms with Crippen molar-refractivity contribution in [3.8, 4) is 0 Å².